The zero-order chi connectivity index (χ0) is 11.8. The molecule has 0 bridgehead atoms. The molecule has 0 atom stereocenters. The average molecular weight is 290 g/mol. The molecule has 5 heteroatoms. The lowest BCUT2D eigenvalue weighted by Gasteiger charge is -2.06. The van der Waals surface area contributed by atoms with Crippen LogP contribution < -0.4 is 0 Å². The quantitative estimate of drug-likeness (QED) is 0.770. The maximum Gasteiger partial charge on any atom is 0.394 e. The Hall–Kier alpha value is -1.10. The zero-order valence-corrected chi connectivity index (χ0v) is 9.64. The number of aromatic nitrogens is 1. The van der Waals surface area contributed by atoms with Crippen molar-refractivity contribution < 1.29 is 13.2 Å². The highest BCUT2D eigenvalue weighted by atomic mass is 79.9. The van der Waals surface area contributed by atoms with Gasteiger partial charge in [-0.15, -0.1) is 0 Å². The van der Waals surface area contributed by atoms with Crippen molar-refractivity contribution in [1.82, 2.24) is 4.98 Å². The molecule has 84 valence electrons. The molecule has 0 N–H and O–H groups in total. The van der Waals surface area contributed by atoms with Gasteiger partial charge in [0.25, 0.3) is 0 Å². The minimum Gasteiger partial charge on any atom is -0.252 e. The topological polar surface area (TPSA) is 12.9 Å². The molecule has 0 saturated carbocycles. The second-order valence-corrected chi connectivity index (χ2v) is 4.35. The van der Waals surface area contributed by atoms with Gasteiger partial charge in [0.05, 0.1) is 17.6 Å². The van der Waals surface area contributed by atoms with Gasteiger partial charge in [0.2, 0.25) is 0 Å². The van der Waals surface area contributed by atoms with E-state index in [0.717, 1.165) is 9.86 Å². The van der Waals surface area contributed by atoms with Crippen molar-refractivity contribution >= 4 is 26.8 Å². The number of rotatable bonds is 1. The van der Waals surface area contributed by atoms with E-state index in [1.807, 2.05) is 12.1 Å². The summed E-state index contributed by atoms with van der Waals surface area (Å²) in [7, 11) is 0. The third kappa shape index (κ3) is 2.72. The molecule has 0 radical (unpaired) electrons. The molecule has 0 aliphatic heterocycles. The molecule has 1 heterocycles. The third-order valence-corrected chi connectivity index (χ3v) is 2.59. The van der Waals surface area contributed by atoms with Crippen molar-refractivity contribution in [3.63, 3.8) is 0 Å². The van der Waals surface area contributed by atoms with E-state index in [2.05, 4.69) is 20.9 Å². The number of pyridine rings is 1. The van der Waals surface area contributed by atoms with Crippen molar-refractivity contribution in [2.75, 3.05) is 0 Å². The zero-order valence-electron chi connectivity index (χ0n) is 8.05. The SMILES string of the molecule is FC(F)(F)Cc1ccc2ccc(Br)cc2n1. The van der Waals surface area contributed by atoms with E-state index < -0.39 is 12.6 Å². The molecule has 0 spiro atoms. The molecule has 1 aromatic carbocycles. The van der Waals surface area contributed by atoms with Crippen LogP contribution in [-0.2, 0) is 6.42 Å². The minimum absolute atomic E-state index is 0.0399. The van der Waals surface area contributed by atoms with Gasteiger partial charge in [-0.25, -0.2) is 0 Å². The monoisotopic (exact) mass is 289 g/mol. The van der Waals surface area contributed by atoms with E-state index in [1.54, 1.807) is 12.1 Å². The van der Waals surface area contributed by atoms with Crippen LogP contribution >= 0.6 is 15.9 Å². The number of benzene rings is 1. The summed E-state index contributed by atoms with van der Waals surface area (Å²) >= 11 is 3.26. The minimum atomic E-state index is -4.22. The first kappa shape index (κ1) is 11.4. The molecule has 0 saturated heterocycles. The first-order valence-corrected chi connectivity index (χ1v) is 5.35. The first-order chi connectivity index (χ1) is 7.44. The predicted molar refractivity (Wildman–Crippen MR) is 59.2 cm³/mol. The Morgan fingerprint density at radius 2 is 1.81 bits per heavy atom. The number of alkyl halides is 3. The van der Waals surface area contributed by atoms with Crippen LogP contribution in [0.3, 0.4) is 0 Å². The fraction of sp³-hybridized carbons (Fsp3) is 0.182. The van der Waals surface area contributed by atoms with E-state index in [-0.39, 0.29) is 5.69 Å². The maximum atomic E-state index is 12.2. The molecule has 0 amide bonds. The number of hydrogen-bond donors (Lipinski definition) is 0. The van der Waals surface area contributed by atoms with Gasteiger partial charge in [0.15, 0.2) is 0 Å². The third-order valence-electron chi connectivity index (χ3n) is 2.09. The molecular weight excluding hydrogens is 283 g/mol. The number of nitrogens with zero attached hydrogens (tertiary/aromatic N) is 1. The largest absolute Gasteiger partial charge is 0.394 e. The Morgan fingerprint density at radius 1 is 1.12 bits per heavy atom. The summed E-state index contributed by atoms with van der Waals surface area (Å²) in [6, 6.07) is 8.39. The second kappa shape index (κ2) is 4.05. The van der Waals surface area contributed by atoms with Gasteiger partial charge in [-0.2, -0.15) is 13.2 Å². The summed E-state index contributed by atoms with van der Waals surface area (Å²) in [4.78, 5) is 3.97. The van der Waals surface area contributed by atoms with Crippen molar-refractivity contribution in [1.29, 1.82) is 0 Å². The van der Waals surface area contributed by atoms with Gasteiger partial charge >= 0.3 is 6.18 Å². The van der Waals surface area contributed by atoms with Crippen LogP contribution in [0.1, 0.15) is 5.69 Å². The molecule has 0 fully saturated rings. The molecule has 0 aliphatic rings. The lowest BCUT2D eigenvalue weighted by molar-refractivity contribution is -0.127. The van der Waals surface area contributed by atoms with Crippen molar-refractivity contribution in [2.45, 2.75) is 12.6 Å². The van der Waals surface area contributed by atoms with Gasteiger partial charge in [-0.3, -0.25) is 4.98 Å². The van der Waals surface area contributed by atoms with Crippen molar-refractivity contribution in [2.24, 2.45) is 0 Å². The summed E-state index contributed by atoms with van der Waals surface area (Å²) in [5.41, 5.74) is 0.606. The molecule has 1 aromatic heterocycles. The van der Waals surface area contributed by atoms with E-state index in [9.17, 15) is 13.2 Å². The van der Waals surface area contributed by atoms with Crippen LogP contribution in [0.5, 0.6) is 0 Å². The first-order valence-electron chi connectivity index (χ1n) is 4.56. The average Bonchev–Trinajstić information content (AvgIpc) is 2.14. The van der Waals surface area contributed by atoms with Gasteiger partial charge in [0, 0.05) is 9.86 Å². The predicted octanol–water partition coefficient (Wildman–Crippen LogP) is 4.10. The van der Waals surface area contributed by atoms with Gasteiger partial charge in [0.1, 0.15) is 0 Å². The second-order valence-electron chi connectivity index (χ2n) is 3.43. The summed E-state index contributed by atoms with van der Waals surface area (Å²) < 4.78 is 37.3. The van der Waals surface area contributed by atoms with Crippen molar-refractivity contribution in [3.8, 4) is 0 Å². The van der Waals surface area contributed by atoms with E-state index >= 15 is 0 Å². The van der Waals surface area contributed by atoms with Crippen LogP contribution in [0.15, 0.2) is 34.8 Å². The Morgan fingerprint density at radius 3 is 2.50 bits per heavy atom. The van der Waals surface area contributed by atoms with E-state index in [0.29, 0.717) is 5.52 Å². The molecular formula is C11H7BrF3N. The molecule has 16 heavy (non-hydrogen) atoms. The highest BCUT2D eigenvalue weighted by Gasteiger charge is 2.28. The lowest BCUT2D eigenvalue weighted by Crippen LogP contribution is -2.12. The van der Waals surface area contributed by atoms with Gasteiger partial charge in [-0.05, 0) is 18.2 Å². The molecule has 0 unspecified atom stereocenters. The van der Waals surface area contributed by atoms with Crippen molar-refractivity contribution in [3.05, 3.63) is 40.5 Å². The van der Waals surface area contributed by atoms with Gasteiger partial charge < -0.3 is 0 Å². The summed E-state index contributed by atoms with van der Waals surface area (Å²) in [5.74, 6) is 0. The fourth-order valence-corrected chi connectivity index (χ4v) is 1.79. The fourth-order valence-electron chi connectivity index (χ4n) is 1.44. The van der Waals surface area contributed by atoms with E-state index in [1.165, 1.54) is 6.07 Å². The Kier molecular flexibility index (Phi) is 2.88. The van der Waals surface area contributed by atoms with Crippen LogP contribution in [0.25, 0.3) is 10.9 Å². The van der Waals surface area contributed by atoms with Crippen LogP contribution in [0, 0.1) is 0 Å². The number of hydrogen-bond acceptors (Lipinski definition) is 1. The molecule has 1 nitrogen and oxygen atoms in total. The van der Waals surface area contributed by atoms with Crippen LogP contribution in [0.4, 0.5) is 13.2 Å². The van der Waals surface area contributed by atoms with Gasteiger partial charge in [-0.1, -0.05) is 28.1 Å². The summed E-state index contributed by atoms with van der Waals surface area (Å²) in [5, 5.41) is 0.828. The number of fused-ring (bicyclic) bond motifs is 1. The Balaban J connectivity index is 2.43. The van der Waals surface area contributed by atoms with Crippen LogP contribution in [-0.4, -0.2) is 11.2 Å². The highest BCUT2D eigenvalue weighted by molar-refractivity contribution is 9.10. The summed E-state index contributed by atoms with van der Waals surface area (Å²) in [6.45, 7) is 0. The Labute approximate surface area is 98.4 Å². The normalized spacial score (nSPS) is 12.0. The number of halogens is 4. The Bertz CT molecular complexity index is 522. The lowest BCUT2D eigenvalue weighted by atomic mass is 10.2. The highest BCUT2D eigenvalue weighted by Crippen LogP contribution is 2.23. The van der Waals surface area contributed by atoms with E-state index in [4.69, 9.17) is 0 Å². The smallest absolute Gasteiger partial charge is 0.252 e. The van der Waals surface area contributed by atoms with Crippen LogP contribution in [0.2, 0.25) is 0 Å². The molecule has 2 rings (SSSR count). The molecule has 0 aliphatic carbocycles. The standard InChI is InChI=1S/C11H7BrF3N/c12-8-3-1-7-2-4-9(6-11(13,14)15)16-10(7)5-8/h1-5H,6H2. The molecule has 2 aromatic rings. The maximum absolute atomic E-state index is 12.2. The summed E-state index contributed by atoms with van der Waals surface area (Å²) in [6.07, 6.45) is -5.21.